The molecule has 110 valence electrons. The van der Waals surface area contributed by atoms with Gasteiger partial charge in [0.1, 0.15) is 0 Å². The van der Waals surface area contributed by atoms with Crippen molar-refractivity contribution >= 4 is 11.7 Å². The van der Waals surface area contributed by atoms with E-state index >= 15 is 0 Å². The molecule has 1 aromatic heterocycles. The van der Waals surface area contributed by atoms with Crippen molar-refractivity contribution in [2.24, 2.45) is 11.7 Å². The van der Waals surface area contributed by atoms with Gasteiger partial charge >= 0.3 is 0 Å². The van der Waals surface area contributed by atoms with E-state index in [2.05, 4.69) is 4.98 Å². The molecule has 2 rings (SSSR count). The first-order chi connectivity index (χ1) is 9.30. The zero-order valence-electron chi connectivity index (χ0n) is 12.4. The molecule has 2 heterocycles. The fraction of sp³-hybridized carbons (Fsp3) is 0.643. The van der Waals surface area contributed by atoms with Crippen LogP contribution in [-0.4, -0.2) is 28.5 Å². The number of anilines is 1. The third-order valence-corrected chi connectivity index (χ3v) is 3.71. The largest absolute Gasteiger partial charge is 0.387 e. The summed E-state index contributed by atoms with van der Waals surface area (Å²) in [6.07, 6.45) is 5.22. The third-order valence-electron chi connectivity index (χ3n) is 3.71. The Morgan fingerprint density at radius 1 is 1.50 bits per heavy atom. The van der Waals surface area contributed by atoms with Crippen molar-refractivity contribution < 1.29 is 0 Å². The Morgan fingerprint density at radius 3 is 2.80 bits per heavy atom. The molecule has 1 aliphatic heterocycles. The van der Waals surface area contributed by atoms with Crippen LogP contribution in [0, 0.1) is 11.3 Å². The van der Waals surface area contributed by atoms with E-state index in [-0.39, 0.29) is 22.9 Å². The Kier molecular flexibility index (Phi) is 3.83. The minimum Gasteiger partial charge on any atom is -0.387 e. The highest BCUT2D eigenvalue weighted by atomic mass is 16.1. The van der Waals surface area contributed by atoms with Crippen LogP contribution < -0.4 is 16.2 Å². The Balaban J connectivity index is 2.34. The molecule has 0 saturated carbocycles. The van der Waals surface area contributed by atoms with Crippen LogP contribution in [0.4, 0.5) is 5.82 Å². The number of nitrogens with one attached hydrogen (secondary N) is 1. The van der Waals surface area contributed by atoms with E-state index in [1.165, 1.54) is 0 Å². The summed E-state index contributed by atoms with van der Waals surface area (Å²) in [5.41, 5.74) is 5.24. The molecule has 20 heavy (non-hydrogen) atoms. The lowest BCUT2D eigenvalue weighted by Crippen LogP contribution is -2.45. The van der Waals surface area contributed by atoms with Gasteiger partial charge in [0, 0.05) is 36.9 Å². The number of piperidine rings is 1. The van der Waals surface area contributed by atoms with Crippen LogP contribution in [-0.2, 0) is 5.54 Å². The summed E-state index contributed by atoms with van der Waals surface area (Å²) in [5.74, 6) is 0.684. The van der Waals surface area contributed by atoms with Crippen LogP contribution >= 0.6 is 0 Å². The molecule has 1 unspecified atom stereocenters. The molecule has 6 nitrogen and oxygen atoms in total. The van der Waals surface area contributed by atoms with Gasteiger partial charge in [-0.25, -0.2) is 4.98 Å². The van der Waals surface area contributed by atoms with E-state index in [0.717, 1.165) is 19.4 Å². The zero-order valence-corrected chi connectivity index (χ0v) is 12.4. The third kappa shape index (κ3) is 2.84. The maximum absolute atomic E-state index is 12.6. The van der Waals surface area contributed by atoms with Crippen LogP contribution in [0.2, 0.25) is 0 Å². The summed E-state index contributed by atoms with van der Waals surface area (Å²) in [6.45, 7) is 7.37. The monoisotopic (exact) mass is 277 g/mol. The lowest BCUT2D eigenvalue weighted by Gasteiger charge is -2.33. The van der Waals surface area contributed by atoms with Gasteiger partial charge in [0.15, 0.2) is 5.82 Å². The van der Waals surface area contributed by atoms with Gasteiger partial charge in [0.05, 0.1) is 5.84 Å². The fourth-order valence-electron chi connectivity index (χ4n) is 2.57. The quantitative estimate of drug-likeness (QED) is 0.627. The predicted molar refractivity (Wildman–Crippen MR) is 80.3 cm³/mol. The molecule has 1 atom stereocenters. The zero-order chi connectivity index (χ0) is 14.9. The number of aromatic nitrogens is 2. The minimum absolute atomic E-state index is 0.0215. The number of nitrogens with zero attached hydrogens (tertiary/aromatic N) is 3. The van der Waals surface area contributed by atoms with Crippen LogP contribution in [0.1, 0.15) is 33.6 Å². The number of amidine groups is 1. The summed E-state index contributed by atoms with van der Waals surface area (Å²) >= 11 is 0. The van der Waals surface area contributed by atoms with E-state index < -0.39 is 0 Å². The van der Waals surface area contributed by atoms with Gasteiger partial charge in [-0.15, -0.1) is 0 Å². The molecule has 1 saturated heterocycles. The smallest absolute Gasteiger partial charge is 0.293 e. The van der Waals surface area contributed by atoms with Crippen LogP contribution in [0.3, 0.4) is 0 Å². The molecule has 1 aliphatic rings. The summed E-state index contributed by atoms with van der Waals surface area (Å²) < 4.78 is 1.70. The van der Waals surface area contributed by atoms with E-state index in [9.17, 15) is 4.79 Å². The first-order valence-electron chi connectivity index (χ1n) is 6.97. The van der Waals surface area contributed by atoms with Crippen molar-refractivity contribution in [3.8, 4) is 0 Å². The van der Waals surface area contributed by atoms with E-state index in [1.54, 1.807) is 17.0 Å². The summed E-state index contributed by atoms with van der Waals surface area (Å²) in [5, 5.41) is 7.58. The van der Waals surface area contributed by atoms with Crippen molar-refractivity contribution in [3.05, 3.63) is 22.7 Å². The topological polar surface area (TPSA) is 88.0 Å². The first-order valence-corrected chi connectivity index (χ1v) is 6.97. The van der Waals surface area contributed by atoms with E-state index in [4.69, 9.17) is 11.1 Å². The standard InChI is InChI=1S/C14H23N5O/c1-14(2,3)19-8-6-17-12(13(19)20)18-7-4-5-10(9-18)11(15)16/h6,8,10H,4-5,7,9H2,1-3H3,(H3,15,16). The van der Waals surface area contributed by atoms with Gasteiger partial charge in [-0.2, -0.15) is 0 Å². The molecule has 1 fully saturated rings. The molecule has 3 N–H and O–H groups in total. The van der Waals surface area contributed by atoms with Crippen molar-refractivity contribution in [3.63, 3.8) is 0 Å². The molecule has 0 aromatic carbocycles. The maximum Gasteiger partial charge on any atom is 0.293 e. The summed E-state index contributed by atoms with van der Waals surface area (Å²) in [7, 11) is 0. The number of rotatable bonds is 2. The lowest BCUT2D eigenvalue weighted by molar-refractivity contribution is 0.381. The van der Waals surface area contributed by atoms with Crippen LogP contribution in [0.25, 0.3) is 0 Å². The molecule has 0 spiro atoms. The maximum atomic E-state index is 12.6. The van der Waals surface area contributed by atoms with Crippen LogP contribution in [0.15, 0.2) is 17.2 Å². The lowest BCUT2D eigenvalue weighted by atomic mass is 9.97. The molecule has 0 radical (unpaired) electrons. The fourth-order valence-corrected chi connectivity index (χ4v) is 2.57. The number of hydrogen-bond donors (Lipinski definition) is 2. The number of nitrogens with two attached hydrogens (primary N) is 1. The molecule has 0 aliphatic carbocycles. The number of hydrogen-bond acceptors (Lipinski definition) is 4. The summed E-state index contributed by atoms with van der Waals surface area (Å²) in [6, 6.07) is 0. The van der Waals surface area contributed by atoms with Gasteiger partial charge in [-0.05, 0) is 33.6 Å². The SMILES string of the molecule is CC(C)(C)n1ccnc(N2CCCC(C(=N)N)C2)c1=O. The minimum atomic E-state index is -0.273. The van der Waals surface area contributed by atoms with E-state index in [1.807, 2.05) is 25.7 Å². The molecule has 6 heteroatoms. The second-order valence-corrected chi connectivity index (χ2v) is 6.34. The van der Waals surface area contributed by atoms with Gasteiger partial charge < -0.3 is 15.2 Å². The van der Waals surface area contributed by atoms with Gasteiger partial charge in [-0.1, -0.05) is 0 Å². The molecule has 0 amide bonds. The van der Waals surface area contributed by atoms with Crippen molar-refractivity contribution in [1.82, 2.24) is 9.55 Å². The Hall–Kier alpha value is -1.85. The molecular formula is C14H23N5O. The highest BCUT2D eigenvalue weighted by Crippen LogP contribution is 2.20. The molecule has 0 bridgehead atoms. The van der Waals surface area contributed by atoms with Crippen molar-refractivity contribution in [1.29, 1.82) is 5.41 Å². The van der Waals surface area contributed by atoms with Crippen molar-refractivity contribution in [2.75, 3.05) is 18.0 Å². The van der Waals surface area contributed by atoms with Gasteiger partial charge in [-0.3, -0.25) is 10.2 Å². The second-order valence-electron chi connectivity index (χ2n) is 6.34. The van der Waals surface area contributed by atoms with Gasteiger partial charge in [0.2, 0.25) is 0 Å². The Labute approximate surface area is 119 Å². The van der Waals surface area contributed by atoms with E-state index in [0.29, 0.717) is 12.4 Å². The Bertz CT molecular complexity index is 557. The van der Waals surface area contributed by atoms with Crippen molar-refractivity contribution in [2.45, 2.75) is 39.2 Å². The van der Waals surface area contributed by atoms with Gasteiger partial charge in [0.25, 0.3) is 5.56 Å². The molecule has 1 aromatic rings. The second kappa shape index (κ2) is 5.26. The van der Waals surface area contributed by atoms with Crippen LogP contribution in [0.5, 0.6) is 0 Å². The predicted octanol–water partition coefficient (Wildman–Crippen LogP) is 1.15. The summed E-state index contributed by atoms with van der Waals surface area (Å²) in [4.78, 5) is 18.8. The average Bonchev–Trinajstić information content (AvgIpc) is 2.37. The highest BCUT2D eigenvalue weighted by Gasteiger charge is 2.26. The normalized spacial score (nSPS) is 19.9. The molecular weight excluding hydrogens is 254 g/mol. The first kappa shape index (κ1) is 14.6. The Morgan fingerprint density at radius 2 is 2.20 bits per heavy atom. The highest BCUT2D eigenvalue weighted by molar-refractivity contribution is 5.80. The average molecular weight is 277 g/mol.